The lowest BCUT2D eigenvalue weighted by Crippen LogP contribution is -2.31. The fourth-order valence-electron chi connectivity index (χ4n) is 1.49. The van der Waals surface area contributed by atoms with Crippen molar-refractivity contribution >= 4 is 14.0 Å². The average Bonchev–Trinajstić information content (AvgIpc) is 2.27. The van der Waals surface area contributed by atoms with Crippen LogP contribution in [0, 0.1) is 0 Å². The Bertz CT molecular complexity index is 268. The smallest absolute Gasteiger partial charge is 0.329 e. The third kappa shape index (κ3) is 6.00. The number of carbonyl (C=O) groups excluding carboxylic acids is 1. The van der Waals surface area contributed by atoms with E-state index in [-0.39, 0.29) is 5.97 Å². The molecule has 17 heavy (non-hydrogen) atoms. The minimum atomic E-state index is -1.79. The Balaban J connectivity index is 4.94. The van der Waals surface area contributed by atoms with E-state index in [4.69, 9.17) is 9.99 Å². The Morgan fingerprint density at radius 2 is 2.00 bits per heavy atom. The van der Waals surface area contributed by atoms with Gasteiger partial charge < -0.3 is 4.74 Å². The molecule has 0 aromatic rings. The first-order valence-electron chi connectivity index (χ1n) is 5.97. The topological polar surface area (TPSA) is 55.8 Å². The maximum absolute atomic E-state index is 11.7. The van der Waals surface area contributed by atoms with Crippen molar-refractivity contribution in [2.24, 2.45) is 0 Å². The standard InChI is InChI=1S/C12H24O4Si/c1-6-7-8-10(16-14)9-11(12(13)15-2)17(3,4)5/h9-10,14H,6-8H2,1-5H3/b11-9-. The molecule has 0 spiro atoms. The molecule has 0 amide bonds. The van der Waals surface area contributed by atoms with Crippen molar-refractivity contribution < 1.29 is 19.7 Å². The normalized spacial score (nSPS) is 14.6. The van der Waals surface area contributed by atoms with Crippen LogP contribution in [0.5, 0.6) is 0 Å². The minimum Gasteiger partial charge on any atom is -0.466 e. The summed E-state index contributed by atoms with van der Waals surface area (Å²) in [5.74, 6) is -0.317. The minimum absolute atomic E-state index is 0.317. The van der Waals surface area contributed by atoms with Gasteiger partial charge in [0.05, 0.1) is 15.2 Å². The second kappa shape index (κ2) is 7.63. The van der Waals surface area contributed by atoms with Crippen molar-refractivity contribution in [2.75, 3.05) is 7.11 Å². The van der Waals surface area contributed by atoms with Crippen molar-refractivity contribution in [1.82, 2.24) is 0 Å². The second-order valence-corrected chi connectivity index (χ2v) is 10.1. The van der Waals surface area contributed by atoms with E-state index in [1.165, 1.54) is 7.11 Å². The van der Waals surface area contributed by atoms with Gasteiger partial charge in [-0.1, -0.05) is 39.4 Å². The molecule has 1 atom stereocenters. The molecule has 0 aromatic carbocycles. The molecule has 0 aliphatic heterocycles. The van der Waals surface area contributed by atoms with Crippen LogP contribution in [-0.4, -0.2) is 32.5 Å². The zero-order valence-electron chi connectivity index (χ0n) is 11.4. The predicted molar refractivity (Wildman–Crippen MR) is 70.5 cm³/mol. The summed E-state index contributed by atoms with van der Waals surface area (Å²) in [4.78, 5) is 16.1. The van der Waals surface area contributed by atoms with Crippen molar-refractivity contribution in [3.05, 3.63) is 11.3 Å². The predicted octanol–water partition coefficient (Wildman–Crippen LogP) is 3.01. The summed E-state index contributed by atoms with van der Waals surface area (Å²) < 4.78 is 4.78. The summed E-state index contributed by atoms with van der Waals surface area (Å²) in [6.07, 6.45) is 3.97. The van der Waals surface area contributed by atoms with E-state index >= 15 is 0 Å². The summed E-state index contributed by atoms with van der Waals surface area (Å²) in [6.45, 7) is 8.25. The van der Waals surface area contributed by atoms with Gasteiger partial charge in [0, 0.05) is 5.20 Å². The Kier molecular flexibility index (Phi) is 7.34. The number of esters is 1. The molecule has 100 valence electrons. The molecule has 0 radical (unpaired) electrons. The van der Waals surface area contributed by atoms with Gasteiger partial charge in [-0.2, -0.15) is 0 Å². The van der Waals surface area contributed by atoms with Gasteiger partial charge >= 0.3 is 5.97 Å². The van der Waals surface area contributed by atoms with Crippen LogP contribution in [0.25, 0.3) is 0 Å². The quantitative estimate of drug-likeness (QED) is 0.251. The summed E-state index contributed by atoms with van der Waals surface area (Å²) in [6, 6.07) is 0. The highest BCUT2D eigenvalue weighted by atomic mass is 28.3. The molecule has 4 nitrogen and oxygen atoms in total. The van der Waals surface area contributed by atoms with Crippen molar-refractivity contribution in [2.45, 2.75) is 51.9 Å². The largest absolute Gasteiger partial charge is 0.466 e. The first-order valence-corrected chi connectivity index (χ1v) is 9.47. The molecule has 0 bridgehead atoms. The highest BCUT2D eigenvalue weighted by Crippen LogP contribution is 2.19. The van der Waals surface area contributed by atoms with Gasteiger partial charge in [0.25, 0.3) is 0 Å². The number of unbranched alkanes of at least 4 members (excludes halogenated alkanes) is 1. The van der Waals surface area contributed by atoms with Gasteiger partial charge in [-0.25, -0.2) is 9.68 Å². The van der Waals surface area contributed by atoms with E-state index in [9.17, 15) is 4.79 Å². The van der Waals surface area contributed by atoms with Crippen LogP contribution in [0.4, 0.5) is 0 Å². The third-order valence-corrected chi connectivity index (χ3v) is 4.53. The van der Waals surface area contributed by atoms with E-state index in [0.717, 1.165) is 12.8 Å². The molecule has 0 aliphatic carbocycles. The Morgan fingerprint density at radius 1 is 1.41 bits per heavy atom. The van der Waals surface area contributed by atoms with Crippen LogP contribution >= 0.6 is 0 Å². The SMILES string of the molecule is CCCCC(/C=C(/C(=O)OC)[Si](C)(C)C)OO. The number of ether oxygens (including phenoxy) is 1. The van der Waals surface area contributed by atoms with E-state index < -0.39 is 14.2 Å². The summed E-state index contributed by atoms with van der Waals surface area (Å²) >= 11 is 0. The van der Waals surface area contributed by atoms with Gasteiger partial charge in [-0.15, -0.1) is 0 Å². The average molecular weight is 260 g/mol. The van der Waals surface area contributed by atoms with E-state index in [2.05, 4.69) is 31.5 Å². The number of carbonyl (C=O) groups is 1. The summed E-state index contributed by atoms with van der Waals surface area (Å²) in [5, 5.41) is 9.50. The van der Waals surface area contributed by atoms with Crippen LogP contribution < -0.4 is 0 Å². The van der Waals surface area contributed by atoms with Crippen LogP contribution in [0.1, 0.15) is 26.2 Å². The Labute approximate surface area is 105 Å². The molecule has 0 rings (SSSR count). The monoisotopic (exact) mass is 260 g/mol. The van der Waals surface area contributed by atoms with Crippen molar-refractivity contribution in [3.8, 4) is 0 Å². The molecule has 1 N–H and O–H groups in total. The van der Waals surface area contributed by atoms with E-state index in [0.29, 0.717) is 11.6 Å². The second-order valence-electron chi connectivity index (χ2n) is 5.11. The lowest BCUT2D eigenvalue weighted by molar-refractivity contribution is -0.267. The maximum atomic E-state index is 11.7. The summed E-state index contributed by atoms with van der Waals surface area (Å²) in [5.41, 5.74) is 0. The van der Waals surface area contributed by atoms with Crippen LogP contribution in [0.3, 0.4) is 0 Å². The van der Waals surface area contributed by atoms with Gasteiger partial charge in [-0.3, -0.25) is 5.26 Å². The highest BCUT2D eigenvalue weighted by molar-refractivity contribution is 6.87. The number of methoxy groups -OCH3 is 1. The van der Waals surface area contributed by atoms with Gasteiger partial charge in [0.2, 0.25) is 0 Å². The van der Waals surface area contributed by atoms with E-state index in [1.807, 2.05) is 0 Å². The first-order chi connectivity index (χ1) is 7.86. The first kappa shape index (κ1) is 16.3. The van der Waals surface area contributed by atoms with Crippen LogP contribution in [0.15, 0.2) is 11.3 Å². The fourth-order valence-corrected chi connectivity index (χ4v) is 2.89. The Hall–Kier alpha value is -0.653. The molecule has 0 heterocycles. The van der Waals surface area contributed by atoms with Crippen LogP contribution in [0.2, 0.25) is 19.6 Å². The molecule has 0 aromatic heterocycles. The zero-order valence-corrected chi connectivity index (χ0v) is 12.4. The molecule has 0 fully saturated rings. The van der Waals surface area contributed by atoms with Gasteiger partial charge in [-0.05, 0) is 12.5 Å². The highest BCUT2D eigenvalue weighted by Gasteiger charge is 2.27. The lowest BCUT2D eigenvalue weighted by Gasteiger charge is -2.20. The van der Waals surface area contributed by atoms with Gasteiger partial charge in [0.1, 0.15) is 6.10 Å². The lowest BCUT2D eigenvalue weighted by atomic mass is 10.1. The maximum Gasteiger partial charge on any atom is 0.329 e. The molecule has 0 aliphatic rings. The van der Waals surface area contributed by atoms with Crippen LogP contribution in [-0.2, 0) is 14.4 Å². The molecule has 5 heteroatoms. The van der Waals surface area contributed by atoms with E-state index in [1.54, 1.807) is 6.08 Å². The van der Waals surface area contributed by atoms with Crippen molar-refractivity contribution in [3.63, 3.8) is 0 Å². The molecule has 1 unspecified atom stereocenters. The molecular formula is C12H24O4Si. The number of hydrogen-bond donors (Lipinski definition) is 1. The Morgan fingerprint density at radius 3 is 2.35 bits per heavy atom. The number of hydrogen-bond acceptors (Lipinski definition) is 4. The fraction of sp³-hybridized carbons (Fsp3) is 0.750. The summed E-state index contributed by atoms with van der Waals surface area (Å²) in [7, 11) is -0.421. The molecular weight excluding hydrogens is 236 g/mol. The molecule has 0 saturated heterocycles. The number of rotatable bonds is 7. The zero-order chi connectivity index (χ0) is 13.5. The van der Waals surface area contributed by atoms with Gasteiger partial charge in [0.15, 0.2) is 0 Å². The molecule has 0 saturated carbocycles. The van der Waals surface area contributed by atoms with Crippen molar-refractivity contribution in [1.29, 1.82) is 0 Å². The third-order valence-electron chi connectivity index (χ3n) is 2.54.